The van der Waals surface area contributed by atoms with Crippen molar-refractivity contribution < 1.29 is 4.79 Å². The largest absolute Gasteiger partial charge is 0.352 e. The minimum atomic E-state index is 0.0486. The standard InChI is InChI=1S/C27H31ClN6O/c1-18-7-6-12-34(18)27-30-24(22-9-4-8-21(15-22)20(3)35)16-25(31-27)33-14-13-32(17-19(33)2)26-23(28)10-5-11-29-26/h4-5,8-11,15-16,18-19H,6-7,12-14,17H2,1-3H3/t18?,19-/m1/s1. The minimum absolute atomic E-state index is 0.0486. The van der Waals surface area contributed by atoms with Crippen LogP contribution in [-0.2, 0) is 0 Å². The van der Waals surface area contributed by atoms with Crippen LogP contribution in [0.5, 0.6) is 0 Å². The van der Waals surface area contributed by atoms with Gasteiger partial charge in [-0.3, -0.25) is 4.79 Å². The van der Waals surface area contributed by atoms with Crippen LogP contribution in [0.25, 0.3) is 11.3 Å². The van der Waals surface area contributed by atoms with E-state index in [9.17, 15) is 4.79 Å². The van der Waals surface area contributed by atoms with E-state index in [1.54, 1.807) is 13.1 Å². The lowest BCUT2D eigenvalue weighted by molar-refractivity contribution is 0.101. The average molecular weight is 491 g/mol. The maximum Gasteiger partial charge on any atom is 0.228 e. The van der Waals surface area contributed by atoms with Gasteiger partial charge < -0.3 is 14.7 Å². The zero-order valence-electron chi connectivity index (χ0n) is 20.5. The van der Waals surface area contributed by atoms with Crippen molar-refractivity contribution in [1.29, 1.82) is 0 Å². The number of aromatic nitrogens is 3. The van der Waals surface area contributed by atoms with Crippen molar-refractivity contribution >= 4 is 35.0 Å². The number of Topliss-reactive ketones (excluding diaryl/α,β-unsaturated/α-hetero) is 1. The van der Waals surface area contributed by atoms with Crippen LogP contribution in [0.15, 0.2) is 48.7 Å². The summed E-state index contributed by atoms with van der Waals surface area (Å²) in [6, 6.07) is 14.1. The Morgan fingerprint density at radius 3 is 2.57 bits per heavy atom. The van der Waals surface area contributed by atoms with Gasteiger partial charge in [0.05, 0.1) is 10.7 Å². The topological polar surface area (TPSA) is 65.5 Å². The lowest BCUT2D eigenvalue weighted by Gasteiger charge is -2.41. The molecule has 7 nitrogen and oxygen atoms in total. The van der Waals surface area contributed by atoms with E-state index in [1.165, 1.54) is 0 Å². The fourth-order valence-electron chi connectivity index (χ4n) is 5.07. The van der Waals surface area contributed by atoms with Crippen molar-refractivity contribution in [2.45, 2.75) is 45.7 Å². The first-order valence-electron chi connectivity index (χ1n) is 12.3. The number of ketones is 1. The van der Waals surface area contributed by atoms with E-state index in [1.807, 2.05) is 36.4 Å². The van der Waals surface area contributed by atoms with Gasteiger partial charge in [-0.1, -0.05) is 29.8 Å². The van der Waals surface area contributed by atoms with Gasteiger partial charge >= 0.3 is 0 Å². The number of carbonyl (C=O) groups excluding carboxylic acids is 1. The molecule has 35 heavy (non-hydrogen) atoms. The summed E-state index contributed by atoms with van der Waals surface area (Å²) in [5.74, 6) is 2.55. The Balaban J connectivity index is 1.50. The molecule has 0 N–H and O–H groups in total. The molecule has 0 aliphatic carbocycles. The number of halogens is 1. The highest BCUT2D eigenvalue weighted by molar-refractivity contribution is 6.32. The Morgan fingerprint density at radius 2 is 1.86 bits per heavy atom. The maximum atomic E-state index is 12.0. The molecule has 8 heteroatoms. The minimum Gasteiger partial charge on any atom is -0.352 e. The molecule has 1 unspecified atom stereocenters. The SMILES string of the molecule is CC(=O)c1cccc(-c2cc(N3CCN(c4ncccc4Cl)C[C@H]3C)nc(N3CCCC3C)n2)c1. The van der Waals surface area contributed by atoms with Gasteiger partial charge in [0.2, 0.25) is 5.95 Å². The van der Waals surface area contributed by atoms with Gasteiger partial charge in [-0.25, -0.2) is 9.97 Å². The molecule has 1 aromatic carbocycles. The van der Waals surface area contributed by atoms with Crippen molar-refractivity contribution in [2.75, 3.05) is 40.9 Å². The van der Waals surface area contributed by atoms with Crippen LogP contribution in [0.4, 0.5) is 17.6 Å². The molecule has 5 rings (SSSR count). The zero-order valence-corrected chi connectivity index (χ0v) is 21.2. The van der Waals surface area contributed by atoms with Gasteiger partial charge in [-0.05, 0) is 51.8 Å². The highest BCUT2D eigenvalue weighted by Crippen LogP contribution is 2.32. The molecule has 0 amide bonds. The van der Waals surface area contributed by atoms with Gasteiger partial charge in [-0.15, -0.1) is 0 Å². The number of hydrogen-bond donors (Lipinski definition) is 0. The quantitative estimate of drug-likeness (QED) is 0.461. The molecule has 2 fully saturated rings. The van der Waals surface area contributed by atoms with E-state index in [4.69, 9.17) is 21.6 Å². The number of carbonyl (C=O) groups is 1. The zero-order chi connectivity index (χ0) is 24.5. The first-order valence-corrected chi connectivity index (χ1v) is 12.7. The second kappa shape index (κ2) is 9.82. The fraction of sp³-hybridized carbons (Fsp3) is 0.407. The lowest BCUT2D eigenvalue weighted by Crippen LogP contribution is -2.52. The summed E-state index contributed by atoms with van der Waals surface area (Å²) in [7, 11) is 0. The summed E-state index contributed by atoms with van der Waals surface area (Å²) in [6.45, 7) is 9.39. The highest BCUT2D eigenvalue weighted by Gasteiger charge is 2.29. The Labute approximate surface area is 211 Å². The average Bonchev–Trinajstić information content (AvgIpc) is 3.30. The molecule has 2 atom stereocenters. The van der Waals surface area contributed by atoms with Gasteiger partial charge in [-0.2, -0.15) is 4.98 Å². The van der Waals surface area contributed by atoms with E-state index in [2.05, 4.69) is 39.6 Å². The third kappa shape index (κ3) is 4.82. The van der Waals surface area contributed by atoms with Crippen molar-refractivity contribution in [3.8, 4) is 11.3 Å². The van der Waals surface area contributed by atoms with Crippen LogP contribution in [-0.4, -0.2) is 59.0 Å². The molecule has 0 spiro atoms. The van der Waals surface area contributed by atoms with Crippen molar-refractivity contribution in [1.82, 2.24) is 15.0 Å². The van der Waals surface area contributed by atoms with Crippen LogP contribution in [0.1, 0.15) is 44.0 Å². The number of anilines is 3. The van der Waals surface area contributed by atoms with Gasteiger partial charge in [0.15, 0.2) is 5.78 Å². The van der Waals surface area contributed by atoms with Crippen LogP contribution < -0.4 is 14.7 Å². The summed E-state index contributed by atoms with van der Waals surface area (Å²) < 4.78 is 0. The van der Waals surface area contributed by atoms with E-state index < -0.39 is 0 Å². The third-order valence-electron chi connectivity index (χ3n) is 7.04. The molecular formula is C27H31ClN6O. The predicted octanol–water partition coefficient (Wildman–Crippen LogP) is 5.10. The smallest absolute Gasteiger partial charge is 0.228 e. The number of nitrogens with zero attached hydrogens (tertiary/aromatic N) is 6. The number of benzene rings is 1. The number of piperazine rings is 1. The third-order valence-corrected chi connectivity index (χ3v) is 7.33. The lowest BCUT2D eigenvalue weighted by atomic mass is 10.1. The second-order valence-corrected chi connectivity index (χ2v) is 9.94. The first kappa shape index (κ1) is 23.5. The van der Waals surface area contributed by atoms with E-state index in [0.29, 0.717) is 16.6 Å². The molecule has 2 saturated heterocycles. The summed E-state index contributed by atoms with van der Waals surface area (Å²) in [4.78, 5) is 33.4. The molecule has 4 heterocycles. The van der Waals surface area contributed by atoms with Crippen LogP contribution in [0, 0.1) is 0 Å². The van der Waals surface area contributed by atoms with Gasteiger partial charge in [0.25, 0.3) is 0 Å². The molecule has 182 valence electrons. The Hall–Kier alpha value is -3.19. The molecule has 2 aliphatic rings. The monoisotopic (exact) mass is 490 g/mol. The highest BCUT2D eigenvalue weighted by atomic mass is 35.5. The molecule has 0 bridgehead atoms. The van der Waals surface area contributed by atoms with E-state index in [-0.39, 0.29) is 11.8 Å². The van der Waals surface area contributed by atoms with Crippen molar-refractivity contribution in [2.24, 2.45) is 0 Å². The number of rotatable bonds is 5. The van der Waals surface area contributed by atoms with Crippen molar-refractivity contribution in [3.05, 3.63) is 59.2 Å². The molecule has 0 radical (unpaired) electrons. The van der Waals surface area contributed by atoms with Crippen LogP contribution >= 0.6 is 11.6 Å². The Bertz CT molecular complexity index is 1230. The molecule has 3 aromatic rings. The molecular weight excluding hydrogens is 460 g/mol. The number of hydrogen-bond acceptors (Lipinski definition) is 7. The molecule has 2 aromatic heterocycles. The normalized spacial score (nSPS) is 20.4. The fourth-order valence-corrected chi connectivity index (χ4v) is 5.31. The maximum absolute atomic E-state index is 12.0. The van der Waals surface area contributed by atoms with Crippen LogP contribution in [0.2, 0.25) is 5.02 Å². The Kier molecular flexibility index (Phi) is 6.60. The first-order chi connectivity index (χ1) is 16.9. The van der Waals surface area contributed by atoms with Gasteiger partial charge in [0, 0.05) is 61.7 Å². The van der Waals surface area contributed by atoms with Crippen LogP contribution in [0.3, 0.4) is 0 Å². The summed E-state index contributed by atoms with van der Waals surface area (Å²) in [5.41, 5.74) is 2.46. The summed E-state index contributed by atoms with van der Waals surface area (Å²) >= 11 is 6.42. The number of pyridine rings is 1. The molecule has 0 saturated carbocycles. The predicted molar refractivity (Wildman–Crippen MR) is 142 cm³/mol. The summed E-state index contributed by atoms with van der Waals surface area (Å²) in [6.07, 6.45) is 4.07. The van der Waals surface area contributed by atoms with Crippen molar-refractivity contribution in [3.63, 3.8) is 0 Å². The Morgan fingerprint density at radius 1 is 1.00 bits per heavy atom. The molecule has 2 aliphatic heterocycles. The van der Waals surface area contributed by atoms with E-state index in [0.717, 1.165) is 67.9 Å². The summed E-state index contributed by atoms with van der Waals surface area (Å²) in [5, 5.41) is 0.674. The van der Waals surface area contributed by atoms with E-state index >= 15 is 0 Å². The van der Waals surface area contributed by atoms with Gasteiger partial charge in [0.1, 0.15) is 11.6 Å². The second-order valence-electron chi connectivity index (χ2n) is 9.53.